The summed E-state index contributed by atoms with van der Waals surface area (Å²) in [5.41, 5.74) is 0.726. The Morgan fingerprint density at radius 2 is 2.32 bits per heavy atom. The molecule has 1 N–H and O–H groups in total. The molecule has 8 heteroatoms. The molecule has 3 rings (SSSR count). The third-order valence-corrected chi connectivity index (χ3v) is 4.17. The van der Waals surface area contributed by atoms with Gasteiger partial charge in [-0.2, -0.15) is 0 Å². The maximum absolute atomic E-state index is 12.5. The minimum Gasteiger partial charge on any atom is -0.385 e. The number of imidazole rings is 1. The van der Waals surface area contributed by atoms with Gasteiger partial charge in [-0.15, -0.1) is 0 Å². The molecule has 2 unspecified atom stereocenters. The van der Waals surface area contributed by atoms with Gasteiger partial charge in [-0.25, -0.2) is 9.61 Å². The summed E-state index contributed by atoms with van der Waals surface area (Å²) in [7, 11) is 1.85. The van der Waals surface area contributed by atoms with E-state index in [4.69, 9.17) is 0 Å². The highest BCUT2D eigenvalue weighted by Crippen LogP contribution is 2.29. The van der Waals surface area contributed by atoms with Crippen LogP contribution in [0.25, 0.3) is 0 Å². The van der Waals surface area contributed by atoms with Gasteiger partial charge in [0.15, 0.2) is 5.69 Å². The number of carbonyl (C=O) groups is 1. The molecule has 1 aliphatic heterocycles. The van der Waals surface area contributed by atoms with Crippen molar-refractivity contribution in [2.45, 2.75) is 25.9 Å². The molecule has 8 nitrogen and oxygen atoms in total. The second kappa shape index (κ2) is 5.88. The van der Waals surface area contributed by atoms with E-state index in [1.54, 1.807) is 28.8 Å². The van der Waals surface area contributed by atoms with E-state index in [-0.39, 0.29) is 17.5 Å². The Morgan fingerprint density at radius 1 is 1.50 bits per heavy atom. The summed E-state index contributed by atoms with van der Waals surface area (Å²) in [6, 6.07) is 0. The van der Waals surface area contributed by atoms with Crippen LogP contribution in [0.4, 0.5) is 0 Å². The van der Waals surface area contributed by atoms with Gasteiger partial charge in [0, 0.05) is 38.4 Å². The van der Waals surface area contributed by atoms with Gasteiger partial charge in [-0.05, 0) is 24.9 Å². The first kappa shape index (κ1) is 14.7. The fourth-order valence-electron chi connectivity index (χ4n) is 2.90. The van der Waals surface area contributed by atoms with Gasteiger partial charge in [-0.3, -0.25) is 4.79 Å². The summed E-state index contributed by atoms with van der Waals surface area (Å²) in [5, 5.41) is 17.8. The van der Waals surface area contributed by atoms with Crippen LogP contribution in [-0.2, 0) is 7.05 Å². The lowest BCUT2D eigenvalue weighted by Crippen LogP contribution is -2.42. The van der Waals surface area contributed by atoms with Crippen LogP contribution < -0.4 is 0 Å². The third-order valence-electron chi connectivity index (χ3n) is 4.17. The Hall–Kier alpha value is -2.22. The van der Waals surface area contributed by atoms with Gasteiger partial charge >= 0.3 is 0 Å². The molecule has 3 heterocycles. The topological polar surface area (TPSA) is 97.3 Å². The number of aryl methyl sites for hydroxylation is 2. The molecule has 1 amide bonds. The molecule has 0 aliphatic carbocycles. The van der Waals surface area contributed by atoms with Crippen LogP contribution in [0.15, 0.2) is 17.0 Å². The number of hydrogen-bond donors (Lipinski definition) is 1. The van der Waals surface area contributed by atoms with Crippen molar-refractivity contribution in [3.8, 4) is 0 Å². The van der Waals surface area contributed by atoms with Crippen molar-refractivity contribution in [1.82, 2.24) is 24.8 Å². The van der Waals surface area contributed by atoms with Crippen molar-refractivity contribution >= 4 is 5.91 Å². The number of likely N-dealkylation sites (tertiary alicyclic amines) is 1. The largest absolute Gasteiger partial charge is 0.385 e. The Balaban J connectivity index is 1.73. The monoisotopic (exact) mass is 305 g/mol. The molecule has 0 spiro atoms. The highest BCUT2D eigenvalue weighted by atomic mass is 16.6. The molecular formula is C14H19N5O3. The Labute approximate surface area is 127 Å². The molecule has 1 saturated heterocycles. The van der Waals surface area contributed by atoms with Crippen LogP contribution in [0.3, 0.4) is 0 Å². The van der Waals surface area contributed by atoms with Gasteiger partial charge in [0.1, 0.15) is 17.6 Å². The van der Waals surface area contributed by atoms with E-state index in [1.165, 1.54) is 0 Å². The van der Waals surface area contributed by atoms with E-state index in [0.29, 0.717) is 24.6 Å². The van der Waals surface area contributed by atoms with Gasteiger partial charge in [0.2, 0.25) is 0 Å². The fraction of sp³-hybridized carbons (Fsp3) is 0.571. The van der Waals surface area contributed by atoms with E-state index in [2.05, 4.69) is 19.9 Å². The van der Waals surface area contributed by atoms with Gasteiger partial charge < -0.3 is 14.6 Å². The predicted molar refractivity (Wildman–Crippen MR) is 75.8 cm³/mol. The van der Waals surface area contributed by atoms with E-state index in [0.717, 1.165) is 12.8 Å². The molecule has 2 aromatic rings. The summed E-state index contributed by atoms with van der Waals surface area (Å²) < 4.78 is 6.40. The number of nitrogens with zero attached hydrogens (tertiary/aromatic N) is 5. The molecule has 2 atom stereocenters. The minimum absolute atomic E-state index is 0.0426. The van der Waals surface area contributed by atoms with Crippen molar-refractivity contribution in [2.75, 3.05) is 13.1 Å². The van der Waals surface area contributed by atoms with Crippen LogP contribution in [0.5, 0.6) is 0 Å². The molecule has 118 valence electrons. The molecule has 0 bridgehead atoms. The Kier molecular flexibility index (Phi) is 3.93. The lowest BCUT2D eigenvalue weighted by Gasteiger charge is -2.34. The summed E-state index contributed by atoms with van der Waals surface area (Å²) >= 11 is 0. The molecular weight excluding hydrogens is 286 g/mol. The quantitative estimate of drug-likeness (QED) is 0.896. The standard InChI is InChI=1S/C14H19N5O3/c1-9-11(17-22-16-9)14(21)19-6-3-4-10(8-19)12(20)13-15-5-7-18(13)2/h5,7,10,12,20H,3-4,6,8H2,1-2H3. The van der Waals surface area contributed by atoms with E-state index < -0.39 is 6.10 Å². The number of aliphatic hydroxyl groups excluding tert-OH is 1. The number of amides is 1. The maximum atomic E-state index is 12.5. The summed E-state index contributed by atoms with van der Waals surface area (Å²) in [6.45, 7) is 2.81. The van der Waals surface area contributed by atoms with E-state index >= 15 is 0 Å². The Bertz CT molecular complexity index is 665. The summed E-state index contributed by atoms with van der Waals surface area (Å²) in [5.74, 6) is 0.382. The number of piperidine rings is 1. The second-order valence-electron chi connectivity index (χ2n) is 5.69. The van der Waals surface area contributed by atoms with Gasteiger partial charge in [0.05, 0.1) is 0 Å². The first-order chi connectivity index (χ1) is 10.6. The van der Waals surface area contributed by atoms with Crippen LogP contribution in [0, 0.1) is 12.8 Å². The van der Waals surface area contributed by atoms with Crippen molar-refractivity contribution in [1.29, 1.82) is 0 Å². The fourth-order valence-corrected chi connectivity index (χ4v) is 2.90. The molecule has 2 aromatic heterocycles. The zero-order chi connectivity index (χ0) is 15.7. The number of aromatic nitrogens is 4. The van der Waals surface area contributed by atoms with E-state index in [1.807, 2.05) is 7.05 Å². The van der Waals surface area contributed by atoms with Crippen LogP contribution >= 0.6 is 0 Å². The van der Waals surface area contributed by atoms with E-state index in [9.17, 15) is 9.90 Å². The normalized spacial score (nSPS) is 20.1. The highest BCUT2D eigenvalue weighted by Gasteiger charge is 2.32. The molecule has 0 saturated carbocycles. The summed E-state index contributed by atoms with van der Waals surface area (Å²) in [6.07, 6.45) is 4.46. The number of aliphatic hydroxyl groups is 1. The first-order valence-electron chi connectivity index (χ1n) is 7.31. The first-order valence-corrected chi connectivity index (χ1v) is 7.31. The van der Waals surface area contributed by atoms with Crippen molar-refractivity contribution in [3.05, 3.63) is 29.6 Å². The van der Waals surface area contributed by atoms with Gasteiger partial charge in [-0.1, -0.05) is 5.16 Å². The third kappa shape index (κ3) is 2.61. The summed E-state index contributed by atoms with van der Waals surface area (Å²) in [4.78, 5) is 18.4. The predicted octanol–water partition coefficient (Wildman–Crippen LogP) is 0.697. The van der Waals surface area contributed by atoms with Crippen LogP contribution in [0.1, 0.15) is 41.0 Å². The average Bonchev–Trinajstić information content (AvgIpc) is 3.14. The number of hydrogen-bond acceptors (Lipinski definition) is 6. The molecule has 1 fully saturated rings. The van der Waals surface area contributed by atoms with Crippen LogP contribution in [0.2, 0.25) is 0 Å². The maximum Gasteiger partial charge on any atom is 0.278 e. The second-order valence-corrected chi connectivity index (χ2v) is 5.69. The molecule has 1 aliphatic rings. The minimum atomic E-state index is -0.688. The smallest absolute Gasteiger partial charge is 0.278 e. The number of rotatable bonds is 3. The van der Waals surface area contributed by atoms with Crippen molar-refractivity contribution in [3.63, 3.8) is 0 Å². The lowest BCUT2D eigenvalue weighted by molar-refractivity contribution is 0.0352. The molecule has 0 radical (unpaired) electrons. The van der Waals surface area contributed by atoms with Gasteiger partial charge in [0.25, 0.3) is 5.91 Å². The SMILES string of the molecule is Cc1nonc1C(=O)N1CCCC(C(O)c2nccn2C)C1. The average molecular weight is 305 g/mol. The van der Waals surface area contributed by atoms with Crippen molar-refractivity contribution in [2.24, 2.45) is 13.0 Å². The molecule has 0 aromatic carbocycles. The zero-order valence-corrected chi connectivity index (χ0v) is 12.6. The molecule has 22 heavy (non-hydrogen) atoms. The van der Waals surface area contributed by atoms with Crippen molar-refractivity contribution < 1.29 is 14.5 Å². The zero-order valence-electron chi connectivity index (χ0n) is 12.6. The van der Waals surface area contributed by atoms with Crippen LogP contribution in [-0.4, -0.2) is 48.9 Å². The highest BCUT2D eigenvalue weighted by molar-refractivity contribution is 5.93. The Morgan fingerprint density at radius 3 is 2.95 bits per heavy atom. The lowest BCUT2D eigenvalue weighted by atomic mass is 9.91. The number of carbonyl (C=O) groups excluding carboxylic acids is 1.